The molecule has 1 fully saturated rings. The van der Waals surface area contributed by atoms with Crippen molar-refractivity contribution in [3.05, 3.63) is 35.9 Å². The molecule has 0 aromatic heterocycles. The van der Waals surface area contributed by atoms with Crippen LogP contribution >= 0.6 is 0 Å². The van der Waals surface area contributed by atoms with E-state index in [2.05, 4.69) is 30.9 Å². The Balaban J connectivity index is 1.59. The first-order chi connectivity index (χ1) is 13.1. The van der Waals surface area contributed by atoms with Gasteiger partial charge in [-0.3, -0.25) is 9.69 Å². The molecular weight excluding hydrogens is 344 g/mol. The van der Waals surface area contributed by atoms with Crippen LogP contribution in [0.3, 0.4) is 0 Å². The molecular formula is C21H30N2O4. The summed E-state index contributed by atoms with van der Waals surface area (Å²) in [5.41, 5.74) is 1.17. The molecule has 1 saturated heterocycles. The molecule has 2 aliphatic rings. The van der Waals surface area contributed by atoms with Crippen molar-refractivity contribution in [2.24, 2.45) is 5.92 Å². The highest BCUT2D eigenvalue weighted by molar-refractivity contribution is 5.78. The van der Waals surface area contributed by atoms with Gasteiger partial charge in [-0.2, -0.15) is 0 Å². The SMILES string of the molecule is COc1cc(CN2CC=CC2C(C)C)ccc1OCC(=O)N1CCOCC1. The molecule has 0 aliphatic carbocycles. The van der Waals surface area contributed by atoms with Crippen LogP contribution in [0, 0.1) is 5.92 Å². The van der Waals surface area contributed by atoms with Crippen LogP contribution in [0.2, 0.25) is 0 Å². The van der Waals surface area contributed by atoms with Crippen LogP contribution in [0.4, 0.5) is 0 Å². The van der Waals surface area contributed by atoms with Crippen molar-refractivity contribution in [3.63, 3.8) is 0 Å². The van der Waals surface area contributed by atoms with E-state index in [0.29, 0.717) is 49.8 Å². The molecule has 0 spiro atoms. The van der Waals surface area contributed by atoms with E-state index in [1.807, 2.05) is 18.2 Å². The maximum Gasteiger partial charge on any atom is 0.260 e. The molecule has 1 unspecified atom stereocenters. The number of hydrogen-bond donors (Lipinski definition) is 0. The van der Waals surface area contributed by atoms with Crippen LogP contribution in [0.1, 0.15) is 19.4 Å². The minimum Gasteiger partial charge on any atom is -0.493 e. The monoisotopic (exact) mass is 374 g/mol. The third-order valence-corrected chi connectivity index (χ3v) is 5.11. The van der Waals surface area contributed by atoms with Crippen molar-refractivity contribution in [3.8, 4) is 11.5 Å². The second kappa shape index (κ2) is 9.24. The molecule has 1 aromatic carbocycles. The van der Waals surface area contributed by atoms with Gasteiger partial charge in [0.25, 0.3) is 5.91 Å². The fourth-order valence-corrected chi connectivity index (χ4v) is 3.60. The Hall–Kier alpha value is -2.05. The largest absolute Gasteiger partial charge is 0.493 e. The number of morpholine rings is 1. The summed E-state index contributed by atoms with van der Waals surface area (Å²) in [6.07, 6.45) is 4.52. The zero-order chi connectivity index (χ0) is 19.2. The van der Waals surface area contributed by atoms with E-state index in [0.717, 1.165) is 13.1 Å². The predicted octanol–water partition coefficient (Wildman–Crippen LogP) is 2.33. The number of carbonyl (C=O) groups excluding carboxylic acids is 1. The van der Waals surface area contributed by atoms with Crippen LogP contribution < -0.4 is 9.47 Å². The van der Waals surface area contributed by atoms with Crippen molar-refractivity contribution in [2.75, 3.05) is 46.6 Å². The minimum absolute atomic E-state index is 0.0151. The molecule has 6 heteroatoms. The van der Waals surface area contributed by atoms with Crippen molar-refractivity contribution < 1.29 is 19.0 Å². The smallest absolute Gasteiger partial charge is 0.260 e. The van der Waals surface area contributed by atoms with Gasteiger partial charge in [-0.05, 0) is 23.6 Å². The van der Waals surface area contributed by atoms with Crippen molar-refractivity contribution in [2.45, 2.75) is 26.4 Å². The molecule has 1 atom stereocenters. The summed E-state index contributed by atoms with van der Waals surface area (Å²) in [6, 6.07) is 6.42. The summed E-state index contributed by atoms with van der Waals surface area (Å²) in [6.45, 7) is 8.77. The molecule has 0 radical (unpaired) electrons. The van der Waals surface area contributed by atoms with Gasteiger partial charge in [0.05, 0.1) is 20.3 Å². The van der Waals surface area contributed by atoms with Gasteiger partial charge in [0.2, 0.25) is 0 Å². The molecule has 2 heterocycles. The number of hydrogen-bond acceptors (Lipinski definition) is 5. The maximum atomic E-state index is 12.3. The number of nitrogens with zero attached hydrogens (tertiary/aromatic N) is 2. The molecule has 0 N–H and O–H groups in total. The highest BCUT2D eigenvalue weighted by Crippen LogP contribution is 2.30. The highest BCUT2D eigenvalue weighted by atomic mass is 16.5. The lowest BCUT2D eigenvalue weighted by molar-refractivity contribution is -0.137. The molecule has 6 nitrogen and oxygen atoms in total. The Morgan fingerprint density at radius 3 is 2.74 bits per heavy atom. The minimum atomic E-state index is -0.0210. The van der Waals surface area contributed by atoms with Crippen LogP contribution in [0.5, 0.6) is 11.5 Å². The summed E-state index contributed by atoms with van der Waals surface area (Å²) in [7, 11) is 1.63. The molecule has 2 aliphatic heterocycles. The molecule has 0 bridgehead atoms. The first kappa shape index (κ1) is 19.7. The van der Waals surface area contributed by atoms with Gasteiger partial charge in [-0.15, -0.1) is 0 Å². The Morgan fingerprint density at radius 2 is 2.04 bits per heavy atom. The average Bonchev–Trinajstić information content (AvgIpc) is 3.15. The molecule has 27 heavy (non-hydrogen) atoms. The van der Waals surface area contributed by atoms with Crippen molar-refractivity contribution in [1.82, 2.24) is 9.80 Å². The van der Waals surface area contributed by atoms with E-state index in [1.165, 1.54) is 5.56 Å². The molecule has 0 saturated carbocycles. The van der Waals surface area contributed by atoms with Crippen molar-refractivity contribution >= 4 is 5.91 Å². The molecule has 1 aromatic rings. The van der Waals surface area contributed by atoms with Crippen LogP contribution in [0.15, 0.2) is 30.4 Å². The highest BCUT2D eigenvalue weighted by Gasteiger charge is 2.23. The molecule has 3 rings (SSSR count). The number of ether oxygens (including phenoxy) is 3. The normalized spacial score (nSPS) is 20.3. The average molecular weight is 374 g/mol. The summed E-state index contributed by atoms with van der Waals surface area (Å²) in [4.78, 5) is 16.5. The Morgan fingerprint density at radius 1 is 1.26 bits per heavy atom. The van der Waals surface area contributed by atoms with E-state index in [1.54, 1.807) is 12.0 Å². The summed E-state index contributed by atoms with van der Waals surface area (Å²) in [5.74, 6) is 1.82. The number of benzene rings is 1. The molecule has 148 valence electrons. The van der Waals surface area contributed by atoms with E-state index in [9.17, 15) is 4.79 Å². The van der Waals surface area contributed by atoms with Gasteiger partial charge >= 0.3 is 0 Å². The summed E-state index contributed by atoms with van der Waals surface area (Å²) < 4.78 is 16.5. The third kappa shape index (κ3) is 5.02. The van der Waals surface area contributed by atoms with Gasteiger partial charge in [0.15, 0.2) is 18.1 Å². The number of carbonyl (C=O) groups is 1. The molecule has 1 amide bonds. The summed E-state index contributed by atoms with van der Waals surface area (Å²) >= 11 is 0. The number of rotatable bonds is 7. The topological polar surface area (TPSA) is 51.2 Å². The third-order valence-electron chi connectivity index (χ3n) is 5.11. The lowest BCUT2D eigenvalue weighted by Gasteiger charge is -2.28. The van der Waals surface area contributed by atoms with Gasteiger partial charge < -0.3 is 19.1 Å². The van der Waals surface area contributed by atoms with E-state index in [4.69, 9.17) is 14.2 Å². The van der Waals surface area contributed by atoms with E-state index in [-0.39, 0.29) is 12.5 Å². The second-order valence-electron chi connectivity index (χ2n) is 7.36. The zero-order valence-corrected chi connectivity index (χ0v) is 16.5. The maximum absolute atomic E-state index is 12.3. The lowest BCUT2D eigenvalue weighted by Crippen LogP contribution is -2.43. The van der Waals surface area contributed by atoms with Crippen LogP contribution in [-0.2, 0) is 16.1 Å². The van der Waals surface area contributed by atoms with Gasteiger partial charge in [0.1, 0.15) is 0 Å². The standard InChI is InChI=1S/C21H30N2O4/c1-16(2)18-5-4-8-23(18)14-17-6-7-19(20(13-17)25-3)27-15-21(24)22-9-11-26-12-10-22/h4-7,13,16,18H,8-12,14-15H2,1-3H3. The second-order valence-corrected chi connectivity index (χ2v) is 7.36. The number of methoxy groups -OCH3 is 1. The summed E-state index contributed by atoms with van der Waals surface area (Å²) in [5, 5.41) is 0. The Bertz CT molecular complexity index is 668. The van der Waals surface area contributed by atoms with Crippen molar-refractivity contribution in [1.29, 1.82) is 0 Å². The first-order valence-electron chi connectivity index (χ1n) is 9.64. The first-order valence-corrected chi connectivity index (χ1v) is 9.64. The fourth-order valence-electron chi connectivity index (χ4n) is 3.60. The van der Waals surface area contributed by atoms with Gasteiger partial charge in [-0.1, -0.05) is 32.1 Å². The lowest BCUT2D eigenvalue weighted by atomic mass is 10.0. The van der Waals surface area contributed by atoms with Gasteiger partial charge in [0, 0.05) is 32.2 Å². The zero-order valence-electron chi connectivity index (χ0n) is 16.5. The van der Waals surface area contributed by atoms with Crippen LogP contribution in [-0.4, -0.2) is 68.3 Å². The predicted molar refractivity (Wildman–Crippen MR) is 104 cm³/mol. The number of amides is 1. The van der Waals surface area contributed by atoms with Crippen LogP contribution in [0.25, 0.3) is 0 Å². The van der Waals surface area contributed by atoms with E-state index < -0.39 is 0 Å². The quantitative estimate of drug-likeness (QED) is 0.686. The van der Waals surface area contributed by atoms with E-state index >= 15 is 0 Å². The Kier molecular flexibility index (Phi) is 6.74. The van der Waals surface area contributed by atoms with Gasteiger partial charge in [-0.25, -0.2) is 0 Å². The Labute approximate surface area is 161 Å². The fraction of sp³-hybridized carbons (Fsp3) is 0.571.